The first-order chi connectivity index (χ1) is 8.40. The van der Waals surface area contributed by atoms with Crippen molar-refractivity contribution in [2.45, 2.75) is 39.2 Å². The van der Waals surface area contributed by atoms with E-state index in [-0.39, 0.29) is 11.4 Å². The molecule has 0 atom stereocenters. The molecule has 0 aliphatic rings. The standard InChI is InChI=1S/C11H21N5O2/c1-11(2,3)14-8(17)5-7-13-10-16-15-9(18-10)4-6-12/h4-7,12H2,1-3H3,(H,13,16)(H,14,17). The number of rotatable bonds is 6. The number of amides is 1. The fraction of sp³-hybridized carbons (Fsp3) is 0.727. The van der Waals surface area contributed by atoms with Crippen molar-refractivity contribution in [1.82, 2.24) is 15.5 Å². The number of carbonyl (C=O) groups excluding carboxylic acids is 1. The molecule has 0 fully saturated rings. The van der Waals surface area contributed by atoms with Gasteiger partial charge in [0.1, 0.15) is 0 Å². The molecule has 0 spiro atoms. The molecular weight excluding hydrogens is 234 g/mol. The van der Waals surface area contributed by atoms with Crippen molar-refractivity contribution < 1.29 is 9.21 Å². The quantitative estimate of drug-likeness (QED) is 0.674. The van der Waals surface area contributed by atoms with Crippen LogP contribution in [0.3, 0.4) is 0 Å². The maximum Gasteiger partial charge on any atom is 0.315 e. The normalized spacial score (nSPS) is 11.3. The van der Waals surface area contributed by atoms with E-state index in [1.165, 1.54) is 0 Å². The highest BCUT2D eigenvalue weighted by Gasteiger charge is 2.13. The molecule has 0 radical (unpaired) electrons. The predicted molar refractivity (Wildman–Crippen MR) is 68.1 cm³/mol. The Balaban J connectivity index is 2.26. The zero-order chi connectivity index (χ0) is 13.6. The first kappa shape index (κ1) is 14.4. The number of carbonyl (C=O) groups is 1. The van der Waals surface area contributed by atoms with Crippen molar-refractivity contribution in [3.8, 4) is 0 Å². The van der Waals surface area contributed by atoms with E-state index >= 15 is 0 Å². The van der Waals surface area contributed by atoms with Crippen LogP contribution >= 0.6 is 0 Å². The summed E-state index contributed by atoms with van der Waals surface area (Å²) in [5, 5.41) is 13.4. The summed E-state index contributed by atoms with van der Waals surface area (Å²) in [7, 11) is 0. The lowest BCUT2D eigenvalue weighted by Gasteiger charge is -2.20. The molecule has 4 N–H and O–H groups in total. The Morgan fingerprint density at radius 2 is 2.11 bits per heavy atom. The molecule has 0 aromatic carbocycles. The summed E-state index contributed by atoms with van der Waals surface area (Å²) in [5.41, 5.74) is 5.15. The fourth-order valence-corrected chi connectivity index (χ4v) is 1.31. The van der Waals surface area contributed by atoms with Gasteiger partial charge in [0.25, 0.3) is 0 Å². The lowest BCUT2D eigenvalue weighted by molar-refractivity contribution is -0.122. The highest BCUT2D eigenvalue weighted by Crippen LogP contribution is 2.05. The molecule has 102 valence electrons. The molecule has 7 nitrogen and oxygen atoms in total. The SMILES string of the molecule is CC(C)(C)NC(=O)CCNc1nnc(CCN)o1. The van der Waals surface area contributed by atoms with Gasteiger partial charge in [-0.25, -0.2) is 0 Å². The van der Waals surface area contributed by atoms with Gasteiger partial charge in [-0.05, 0) is 20.8 Å². The summed E-state index contributed by atoms with van der Waals surface area (Å²) in [6.45, 7) is 6.74. The molecule has 1 aromatic heterocycles. The molecule has 1 aromatic rings. The van der Waals surface area contributed by atoms with Crippen molar-refractivity contribution in [3.05, 3.63) is 5.89 Å². The molecule has 1 amide bonds. The van der Waals surface area contributed by atoms with E-state index in [0.717, 1.165) is 0 Å². The van der Waals surface area contributed by atoms with Crippen molar-refractivity contribution in [2.75, 3.05) is 18.4 Å². The molecule has 1 rings (SSSR count). The third-order valence-corrected chi connectivity index (χ3v) is 1.97. The summed E-state index contributed by atoms with van der Waals surface area (Å²) >= 11 is 0. The number of hydrogen-bond acceptors (Lipinski definition) is 6. The Labute approximate surface area is 107 Å². The predicted octanol–water partition coefficient (Wildman–Crippen LogP) is 0.288. The van der Waals surface area contributed by atoms with Crippen LogP contribution in [-0.2, 0) is 11.2 Å². The lowest BCUT2D eigenvalue weighted by atomic mass is 10.1. The van der Waals surface area contributed by atoms with Crippen LogP contribution in [0.2, 0.25) is 0 Å². The zero-order valence-corrected chi connectivity index (χ0v) is 11.1. The van der Waals surface area contributed by atoms with E-state index < -0.39 is 0 Å². The van der Waals surface area contributed by atoms with Gasteiger partial charge in [0, 0.05) is 31.5 Å². The Bertz CT molecular complexity index is 383. The third-order valence-electron chi connectivity index (χ3n) is 1.97. The van der Waals surface area contributed by atoms with Gasteiger partial charge in [0.2, 0.25) is 11.8 Å². The molecule has 7 heteroatoms. The Morgan fingerprint density at radius 3 is 2.72 bits per heavy atom. The topological polar surface area (TPSA) is 106 Å². The van der Waals surface area contributed by atoms with Crippen LogP contribution in [0, 0.1) is 0 Å². The number of hydrogen-bond donors (Lipinski definition) is 3. The first-order valence-corrected chi connectivity index (χ1v) is 5.98. The number of nitrogens with zero attached hydrogens (tertiary/aromatic N) is 2. The van der Waals surface area contributed by atoms with Gasteiger partial charge < -0.3 is 20.8 Å². The molecular formula is C11H21N5O2. The van der Waals surface area contributed by atoms with Crippen LogP contribution in [0.4, 0.5) is 6.01 Å². The molecule has 18 heavy (non-hydrogen) atoms. The second kappa shape index (κ2) is 6.34. The lowest BCUT2D eigenvalue weighted by Crippen LogP contribution is -2.41. The van der Waals surface area contributed by atoms with E-state index in [9.17, 15) is 4.79 Å². The Kier molecular flexibility index (Phi) is 5.08. The van der Waals surface area contributed by atoms with Crippen molar-refractivity contribution in [2.24, 2.45) is 5.73 Å². The van der Waals surface area contributed by atoms with Crippen molar-refractivity contribution in [3.63, 3.8) is 0 Å². The average molecular weight is 255 g/mol. The smallest absolute Gasteiger partial charge is 0.315 e. The van der Waals surface area contributed by atoms with E-state index in [1.54, 1.807) is 0 Å². The summed E-state index contributed by atoms with van der Waals surface area (Å²) in [5.74, 6) is 0.482. The molecule has 0 unspecified atom stereocenters. The fourth-order valence-electron chi connectivity index (χ4n) is 1.31. The second-order valence-corrected chi connectivity index (χ2v) is 5.01. The maximum atomic E-state index is 11.5. The zero-order valence-electron chi connectivity index (χ0n) is 11.1. The van der Waals surface area contributed by atoms with Gasteiger partial charge in [-0.2, -0.15) is 0 Å². The Morgan fingerprint density at radius 1 is 1.39 bits per heavy atom. The van der Waals surface area contributed by atoms with Crippen LogP contribution in [0.1, 0.15) is 33.1 Å². The number of nitrogens with one attached hydrogen (secondary N) is 2. The molecule has 0 aliphatic carbocycles. The second-order valence-electron chi connectivity index (χ2n) is 5.01. The van der Waals surface area contributed by atoms with Gasteiger partial charge in [0.05, 0.1) is 0 Å². The minimum absolute atomic E-state index is 0.0169. The van der Waals surface area contributed by atoms with Crippen molar-refractivity contribution >= 4 is 11.9 Å². The summed E-state index contributed by atoms with van der Waals surface area (Å²) < 4.78 is 5.26. The largest absolute Gasteiger partial charge is 0.408 e. The van der Waals surface area contributed by atoms with Gasteiger partial charge in [-0.3, -0.25) is 4.79 Å². The third kappa shape index (κ3) is 5.62. The van der Waals surface area contributed by atoms with E-state index in [1.807, 2.05) is 20.8 Å². The van der Waals surface area contributed by atoms with Crippen LogP contribution in [0.15, 0.2) is 4.42 Å². The Hall–Kier alpha value is -1.63. The molecule has 0 saturated carbocycles. The van der Waals surface area contributed by atoms with Crippen LogP contribution < -0.4 is 16.4 Å². The number of nitrogens with two attached hydrogens (primary N) is 1. The highest BCUT2D eigenvalue weighted by molar-refractivity contribution is 5.77. The van der Waals surface area contributed by atoms with Gasteiger partial charge in [0.15, 0.2) is 0 Å². The molecule has 0 bridgehead atoms. The monoisotopic (exact) mass is 255 g/mol. The van der Waals surface area contributed by atoms with E-state index in [4.69, 9.17) is 10.2 Å². The van der Waals surface area contributed by atoms with Crippen LogP contribution in [0.5, 0.6) is 0 Å². The minimum atomic E-state index is -0.212. The van der Waals surface area contributed by atoms with Gasteiger partial charge >= 0.3 is 6.01 Å². The van der Waals surface area contributed by atoms with E-state index in [2.05, 4.69) is 20.8 Å². The summed E-state index contributed by atoms with van der Waals surface area (Å²) in [6, 6.07) is 0.321. The average Bonchev–Trinajstić information content (AvgIpc) is 2.63. The number of aromatic nitrogens is 2. The van der Waals surface area contributed by atoms with E-state index in [0.29, 0.717) is 37.8 Å². The molecule has 0 aliphatic heterocycles. The van der Waals surface area contributed by atoms with Crippen molar-refractivity contribution in [1.29, 1.82) is 0 Å². The first-order valence-electron chi connectivity index (χ1n) is 5.98. The molecule has 1 heterocycles. The minimum Gasteiger partial charge on any atom is -0.408 e. The molecule has 0 saturated heterocycles. The summed E-state index contributed by atoms with van der Waals surface area (Å²) in [6.07, 6.45) is 0.908. The van der Waals surface area contributed by atoms with Gasteiger partial charge in [-0.1, -0.05) is 5.10 Å². The highest BCUT2D eigenvalue weighted by atomic mass is 16.4. The van der Waals surface area contributed by atoms with Gasteiger partial charge in [-0.15, -0.1) is 5.10 Å². The summed E-state index contributed by atoms with van der Waals surface area (Å²) in [4.78, 5) is 11.5. The van der Waals surface area contributed by atoms with Crippen LogP contribution in [-0.4, -0.2) is 34.7 Å². The van der Waals surface area contributed by atoms with Crippen LogP contribution in [0.25, 0.3) is 0 Å². The number of anilines is 1. The maximum absolute atomic E-state index is 11.5.